The molecule has 190 valence electrons. The van der Waals surface area contributed by atoms with E-state index in [9.17, 15) is 9.59 Å². The van der Waals surface area contributed by atoms with Crippen molar-refractivity contribution in [3.63, 3.8) is 0 Å². The number of benzene rings is 2. The lowest BCUT2D eigenvalue weighted by atomic mass is 10.0. The molecule has 3 aromatic rings. The van der Waals surface area contributed by atoms with Crippen molar-refractivity contribution in [1.82, 2.24) is 4.90 Å². The number of amides is 2. The minimum atomic E-state index is -0.332. The quantitative estimate of drug-likeness (QED) is 0.394. The zero-order valence-corrected chi connectivity index (χ0v) is 21.6. The summed E-state index contributed by atoms with van der Waals surface area (Å²) in [6.07, 6.45) is 0.242. The van der Waals surface area contributed by atoms with E-state index in [1.54, 1.807) is 18.9 Å². The third-order valence-corrected chi connectivity index (χ3v) is 7.03. The number of thiophene rings is 1. The molecule has 0 spiro atoms. The average Bonchev–Trinajstić information content (AvgIpc) is 3.27. The second-order valence-electron chi connectivity index (χ2n) is 8.16. The Morgan fingerprint density at radius 3 is 2.56 bits per heavy atom. The fraction of sp³-hybridized carbons (Fsp3) is 0.333. The summed E-state index contributed by atoms with van der Waals surface area (Å²) in [4.78, 5) is 28.6. The maximum absolute atomic E-state index is 13.6. The number of anilines is 2. The van der Waals surface area contributed by atoms with Gasteiger partial charge >= 0.3 is 6.09 Å². The Balaban J connectivity index is 1.62. The highest BCUT2D eigenvalue weighted by atomic mass is 32.1. The highest BCUT2D eigenvalue weighted by Gasteiger charge is 2.30. The standard InChI is InChI=1S/C27H31N3O5S/c1-4-34-22-9-7-6-8-21(22)29-25(31)24-20-14-15-30(27(32)35-5-2)17-23(20)36-26(24)28-16-18-10-12-19(33-3)13-11-18/h6-13,28H,4-5,14-17H2,1-3H3,(H,29,31). The van der Waals surface area contributed by atoms with Gasteiger partial charge in [-0.05, 0) is 55.7 Å². The zero-order valence-electron chi connectivity index (χ0n) is 20.8. The number of methoxy groups -OCH3 is 1. The van der Waals surface area contributed by atoms with Gasteiger partial charge in [-0.25, -0.2) is 4.79 Å². The summed E-state index contributed by atoms with van der Waals surface area (Å²) in [5, 5.41) is 7.26. The van der Waals surface area contributed by atoms with Crippen molar-refractivity contribution in [2.24, 2.45) is 0 Å². The fourth-order valence-corrected chi connectivity index (χ4v) is 5.36. The van der Waals surface area contributed by atoms with Gasteiger partial charge in [-0.15, -0.1) is 11.3 Å². The smallest absolute Gasteiger partial charge is 0.410 e. The minimum Gasteiger partial charge on any atom is -0.497 e. The second kappa shape index (κ2) is 11.8. The number of carbonyl (C=O) groups excluding carboxylic acids is 2. The predicted molar refractivity (Wildman–Crippen MR) is 141 cm³/mol. The van der Waals surface area contributed by atoms with E-state index in [1.165, 1.54) is 11.3 Å². The van der Waals surface area contributed by atoms with Crippen LogP contribution in [0.15, 0.2) is 48.5 Å². The first-order valence-corrected chi connectivity index (χ1v) is 12.8. The van der Waals surface area contributed by atoms with Gasteiger partial charge in [0.05, 0.1) is 38.1 Å². The normalized spacial score (nSPS) is 12.5. The largest absolute Gasteiger partial charge is 0.497 e. The third-order valence-electron chi connectivity index (χ3n) is 5.86. The molecule has 0 aliphatic carbocycles. The first-order chi connectivity index (χ1) is 17.5. The van der Waals surface area contributed by atoms with Crippen molar-refractivity contribution in [2.45, 2.75) is 33.4 Å². The Hall–Kier alpha value is -3.72. The Labute approximate surface area is 215 Å². The topological polar surface area (TPSA) is 89.1 Å². The molecular formula is C27H31N3O5S. The molecule has 0 fully saturated rings. The van der Waals surface area contributed by atoms with Gasteiger partial charge in [-0.1, -0.05) is 24.3 Å². The molecule has 1 aliphatic rings. The first kappa shape index (κ1) is 25.4. The number of hydrogen-bond acceptors (Lipinski definition) is 7. The molecule has 0 unspecified atom stereocenters. The van der Waals surface area contributed by atoms with Gasteiger partial charge in [0, 0.05) is 18.0 Å². The lowest BCUT2D eigenvalue weighted by Crippen LogP contribution is -2.36. The van der Waals surface area contributed by atoms with E-state index in [4.69, 9.17) is 14.2 Å². The van der Waals surface area contributed by atoms with Gasteiger partial charge in [0.25, 0.3) is 5.91 Å². The molecule has 2 aromatic carbocycles. The van der Waals surface area contributed by atoms with Crippen molar-refractivity contribution in [2.75, 3.05) is 37.5 Å². The van der Waals surface area contributed by atoms with E-state index in [1.807, 2.05) is 55.5 Å². The molecule has 0 saturated carbocycles. The van der Waals surface area contributed by atoms with E-state index in [0.29, 0.717) is 56.3 Å². The molecule has 8 nitrogen and oxygen atoms in total. The molecule has 1 aromatic heterocycles. The number of nitrogens with one attached hydrogen (secondary N) is 2. The lowest BCUT2D eigenvalue weighted by Gasteiger charge is -2.26. The van der Waals surface area contributed by atoms with Crippen molar-refractivity contribution < 1.29 is 23.8 Å². The van der Waals surface area contributed by atoms with Crippen molar-refractivity contribution in [3.8, 4) is 11.5 Å². The van der Waals surface area contributed by atoms with Crippen LogP contribution >= 0.6 is 11.3 Å². The van der Waals surface area contributed by atoms with Crippen LogP contribution in [0.4, 0.5) is 15.5 Å². The van der Waals surface area contributed by atoms with Gasteiger partial charge < -0.3 is 29.7 Å². The van der Waals surface area contributed by atoms with E-state index in [-0.39, 0.29) is 12.0 Å². The monoisotopic (exact) mass is 509 g/mol. The van der Waals surface area contributed by atoms with E-state index >= 15 is 0 Å². The van der Waals surface area contributed by atoms with Crippen molar-refractivity contribution in [3.05, 3.63) is 70.1 Å². The summed E-state index contributed by atoms with van der Waals surface area (Å²) >= 11 is 1.50. The molecule has 36 heavy (non-hydrogen) atoms. The number of ether oxygens (including phenoxy) is 3. The van der Waals surface area contributed by atoms with E-state index in [0.717, 1.165) is 26.8 Å². The van der Waals surface area contributed by atoms with Gasteiger partial charge in [-0.3, -0.25) is 4.79 Å². The van der Waals surface area contributed by atoms with Crippen LogP contribution in [-0.2, 0) is 24.2 Å². The Bertz CT molecular complexity index is 1210. The minimum absolute atomic E-state index is 0.207. The summed E-state index contributed by atoms with van der Waals surface area (Å²) in [6, 6.07) is 15.2. The van der Waals surface area contributed by atoms with Gasteiger partial charge in [0.2, 0.25) is 0 Å². The summed E-state index contributed by atoms with van der Waals surface area (Å²) in [6.45, 7) is 5.98. The molecule has 4 rings (SSSR count). The van der Waals surface area contributed by atoms with Crippen LogP contribution < -0.4 is 20.1 Å². The molecule has 0 radical (unpaired) electrons. The summed E-state index contributed by atoms with van der Waals surface area (Å²) in [5.41, 5.74) is 3.25. The summed E-state index contributed by atoms with van der Waals surface area (Å²) < 4.78 is 16.1. The van der Waals surface area contributed by atoms with Crippen LogP contribution in [0.3, 0.4) is 0 Å². The lowest BCUT2D eigenvalue weighted by molar-refractivity contribution is 0.102. The van der Waals surface area contributed by atoms with Crippen LogP contribution in [0.1, 0.15) is 40.2 Å². The molecule has 2 amide bonds. The molecule has 2 heterocycles. The van der Waals surface area contributed by atoms with Crippen molar-refractivity contribution >= 4 is 34.0 Å². The number of carbonyl (C=O) groups is 2. The first-order valence-electron chi connectivity index (χ1n) is 12.0. The van der Waals surface area contributed by atoms with Gasteiger partial charge in [0.15, 0.2) is 0 Å². The Morgan fingerprint density at radius 1 is 1.06 bits per heavy atom. The molecule has 2 N–H and O–H groups in total. The summed E-state index contributed by atoms with van der Waals surface area (Å²) in [5.74, 6) is 1.21. The highest BCUT2D eigenvalue weighted by Crippen LogP contribution is 2.38. The van der Waals surface area contributed by atoms with Crippen LogP contribution in [0, 0.1) is 0 Å². The zero-order chi connectivity index (χ0) is 25.5. The van der Waals surface area contributed by atoms with Crippen LogP contribution in [-0.4, -0.2) is 43.8 Å². The van der Waals surface area contributed by atoms with Gasteiger partial charge in [-0.2, -0.15) is 0 Å². The van der Waals surface area contributed by atoms with Crippen LogP contribution in [0.25, 0.3) is 0 Å². The maximum atomic E-state index is 13.6. The molecule has 9 heteroatoms. The summed E-state index contributed by atoms with van der Waals surface area (Å²) in [7, 11) is 1.64. The number of hydrogen-bond donors (Lipinski definition) is 2. The third kappa shape index (κ3) is 5.73. The average molecular weight is 510 g/mol. The Kier molecular flexibility index (Phi) is 8.32. The van der Waals surface area contributed by atoms with Crippen molar-refractivity contribution in [1.29, 1.82) is 0 Å². The SMILES string of the molecule is CCOC(=O)N1CCc2c(sc(NCc3ccc(OC)cc3)c2C(=O)Nc2ccccc2OCC)C1. The molecular weight excluding hydrogens is 478 g/mol. The number of fused-ring (bicyclic) bond motifs is 1. The van der Waals surface area contributed by atoms with E-state index in [2.05, 4.69) is 10.6 Å². The molecule has 0 saturated heterocycles. The van der Waals surface area contributed by atoms with Crippen LogP contribution in [0.2, 0.25) is 0 Å². The fourth-order valence-electron chi connectivity index (χ4n) is 4.10. The number of para-hydroxylation sites is 2. The number of rotatable bonds is 9. The molecule has 1 aliphatic heterocycles. The molecule has 0 bridgehead atoms. The molecule has 0 atom stereocenters. The van der Waals surface area contributed by atoms with E-state index < -0.39 is 0 Å². The predicted octanol–water partition coefficient (Wildman–Crippen LogP) is 5.53. The number of nitrogens with zero attached hydrogens (tertiary/aromatic N) is 1. The second-order valence-corrected chi connectivity index (χ2v) is 9.27. The van der Waals surface area contributed by atoms with Gasteiger partial charge in [0.1, 0.15) is 16.5 Å². The van der Waals surface area contributed by atoms with Crippen LogP contribution in [0.5, 0.6) is 11.5 Å². The maximum Gasteiger partial charge on any atom is 0.410 e. The Morgan fingerprint density at radius 2 is 1.83 bits per heavy atom. The highest BCUT2D eigenvalue weighted by molar-refractivity contribution is 7.16.